The van der Waals surface area contributed by atoms with Gasteiger partial charge in [-0.3, -0.25) is 4.79 Å². The predicted octanol–water partition coefficient (Wildman–Crippen LogP) is 3.49. The Morgan fingerprint density at radius 3 is 2.79 bits per heavy atom. The maximum Gasteiger partial charge on any atom is 0.255 e. The van der Waals surface area contributed by atoms with Gasteiger partial charge < -0.3 is 20.7 Å². The summed E-state index contributed by atoms with van der Waals surface area (Å²) in [6, 6.07) is 11.6. The molecule has 1 atom stereocenters. The molecule has 2 aromatic carbocycles. The number of benzene rings is 2. The first-order chi connectivity index (χ1) is 14.0. The molecule has 152 valence electrons. The molecule has 29 heavy (non-hydrogen) atoms. The average molecular weight is 465 g/mol. The van der Waals surface area contributed by atoms with Gasteiger partial charge in [0.15, 0.2) is 6.61 Å². The third kappa shape index (κ3) is 5.43. The Kier molecular flexibility index (Phi) is 7.01. The van der Waals surface area contributed by atoms with Gasteiger partial charge in [0.1, 0.15) is 17.9 Å². The fourth-order valence-electron chi connectivity index (χ4n) is 3.10. The van der Waals surface area contributed by atoms with Crippen molar-refractivity contribution in [2.24, 2.45) is 0 Å². The number of carbonyl (C=O) groups is 1. The minimum atomic E-state index is -2.66. The van der Waals surface area contributed by atoms with Crippen LogP contribution in [0.25, 0.3) is 0 Å². The molecule has 0 saturated heterocycles. The minimum absolute atomic E-state index is 0.204. The van der Waals surface area contributed by atoms with E-state index in [1.54, 1.807) is 18.2 Å². The van der Waals surface area contributed by atoms with Crippen molar-refractivity contribution in [3.63, 3.8) is 0 Å². The van der Waals surface area contributed by atoms with E-state index in [2.05, 4.69) is 31.9 Å². The molecule has 0 saturated carbocycles. The smallest absolute Gasteiger partial charge is 0.255 e. The molecule has 0 spiro atoms. The van der Waals surface area contributed by atoms with Gasteiger partial charge in [0.05, 0.1) is 6.54 Å². The van der Waals surface area contributed by atoms with E-state index in [-0.39, 0.29) is 6.61 Å². The first kappa shape index (κ1) is 21.0. The Morgan fingerprint density at radius 1 is 1.24 bits per heavy atom. The van der Waals surface area contributed by atoms with Gasteiger partial charge in [0.25, 0.3) is 6.43 Å². The van der Waals surface area contributed by atoms with E-state index in [4.69, 9.17) is 10.00 Å². The zero-order valence-corrected chi connectivity index (χ0v) is 16.9. The molecule has 6 nitrogen and oxygen atoms in total. The number of nitrogens with zero attached hydrogens (tertiary/aromatic N) is 1. The maximum absolute atomic E-state index is 12.8. The second-order valence-corrected chi connectivity index (χ2v) is 7.35. The molecule has 1 heterocycles. The lowest BCUT2D eigenvalue weighted by atomic mass is 10.0. The van der Waals surface area contributed by atoms with E-state index in [1.807, 2.05) is 24.3 Å². The van der Waals surface area contributed by atoms with Crippen molar-refractivity contribution < 1.29 is 18.3 Å². The van der Waals surface area contributed by atoms with Crippen LogP contribution < -0.4 is 20.7 Å². The van der Waals surface area contributed by atoms with Gasteiger partial charge in [0.2, 0.25) is 5.91 Å². The molecule has 0 aliphatic carbocycles. The number of nitrogens with one attached hydrogen (secondary N) is 3. The predicted molar refractivity (Wildman–Crippen MR) is 108 cm³/mol. The quantitative estimate of drug-likeness (QED) is 0.556. The third-order valence-electron chi connectivity index (χ3n) is 4.42. The molecule has 1 aliphatic heterocycles. The summed E-state index contributed by atoms with van der Waals surface area (Å²) in [7, 11) is 0. The van der Waals surface area contributed by atoms with Gasteiger partial charge in [-0.1, -0.05) is 22.0 Å². The van der Waals surface area contributed by atoms with E-state index in [9.17, 15) is 13.6 Å². The molecule has 0 radical (unpaired) electrons. The number of anilines is 1. The zero-order valence-electron chi connectivity index (χ0n) is 15.3. The minimum Gasteiger partial charge on any atom is -0.478 e. The topological polar surface area (TPSA) is 86.2 Å². The van der Waals surface area contributed by atoms with Crippen molar-refractivity contribution in [1.29, 1.82) is 5.26 Å². The first-order valence-corrected chi connectivity index (χ1v) is 9.71. The number of ether oxygens (including phenoxy) is 1. The summed E-state index contributed by atoms with van der Waals surface area (Å²) in [5.41, 5.74) is 3.39. The Morgan fingerprint density at radius 2 is 2.03 bits per heavy atom. The van der Waals surface area contributed by atoms with Crippen LogP contribution in [0.4, 0.5) is 14.5 Å². The number of halogens is 3. The number of rotatable bonds is 8. The van der Waals surface area contributed by atoms with Crippen LogP contribution in [0.1, 0.15) is 22.7 Å². The van der Waals surface area contributed by atoms with Crippen LogP contribution in [0.5, 0.6) is 5.75 Å². The Labute approximate surface area is 175 Å². The van der Waals surface area contributed by atoms with Gasteiger partial charge in [-0.15, -0.1) is 0 Å². The summed E-state index contributed by atoms with van der Waals surface area (Å²) in [5.74, 6) is -0.300. The van der Waals surface area contributed by atoms with Gasteiger partial charge in [-0.05, 0) is 41.5 Å². The number of hydrogen-bond donors (Lipinski definition) is 3. The molecule has 1 amide bonds. The lowest BCUT2D eigenvalue weighted by Crippen LogP contribution is -2.36. The van der Waals surface area contributed by atoms with Crippen LogP contribution >= 0.6 is 15.9 Å². The molecule has 0 bridgehead atoms. The molecule has 1 aliphatic rings. The largest absolute Gasteiger partial charge is 0.478 e. The SMILES string of the molecule is N#CCOc1ccc(Br)cc1[C@H](Nc1ccc2c(c1)CNC2)C(=O)NCC(F)F. The van der Waals surface area contributed by atoms with Gasteiger partial charge >= 0.3 is 0 Å². The van der Waals surface area contributed by atoms with E-state index >= 15 is 0 Å². The van der Waals surface area contributed by atoms with Crippen LogP contribution in [0.2, 0.25) is 0 Å². The average Bonchev–Trinajstić information content (AvgIpc) is 3.17. The second kappa shape index (κ2) is 9.67. The van der Waals surface area contributed by atoms with E-state index in [0.29, 0.717) is 21.5 Å². The Balaban J connectivity index is 1.94. The van der Waals surface area contributed by atoms with Gasteiger partial charge in [0, 0.05) is 28.8 Å². The zero-order chi connectivity index (χ0) is 20.8. The van der Waals surface area contributed by atoms with Gasteiger partial charge in [-0.25, -0.2) is 8.78 Å². The molecular formula is C20H19BrF2N4O2. The summed E-state index contributed by atoms with van der Waals surface area (Å²) in [6.07, 6.45) is -2.66. The monoisotopic (exact) mass is 464 g/mol. The summed E-state index contributed by atoms with van der Waals surface area (Å²) >= 11 is 3.36. The van der Waals surface area contributed by atoms with Crippen molar-refractivity contribution in [3.8, 4) is 11.8 Å². The summed E-state index contributed by atoms with van der Waals surface area (Å²) in [4.78, 5) is 12.8. The molecule has 3 N–H and O–H groups in total. The van der Waals surface area contributed by atoms with E-state index < -0.39 is 24.9 Å². The summed E-state index contributed by atoms with van der Waals surface area (Å²) in [5, 5.41) is 17.5. The summed E-state index contributed by atoms with van der Waals surface area (Å²) < 4.78 is 31.4. The first-order valence-electron chi connectivity index (χ1n) is 8.92. The fraction of sp³-hybridized carbons (Fsp3) is 0.300. The molecule has 3 rings (SSSR count). The molecule has 2 aromatic rings. The highest BCUT2D eigenvalue weighted by atomic mass is 79.9. The van der Waals surface area contributed by atoms with Gasteiger partial charge in [-0.2, -0.15) is 5.26 Å². The highest BCUT2D eigenvalue weighted by molar-refractivity contribution is 9.10. The number of hydrogen-bond acceptors (Lipinski definition) is 5. The molecule has 9 heteroatoms. The van der Waals surface area contributed by atoms with Crippen molar-refractivity contribution in [2.45, 2.75) is 25.6 Å². The van der Waals surface area contributed by atoms with Crippen LogP contribution in [0.15, 0.2) is 40.9 Å². The number of alkyl halides is 2. The van der Waals surface area contributed by atoms with Crippen LogP contribution in [0, 0.1) is 11.3 Å². The number of amides is 1. The van der Waals surface area contributed by atoms with E-state index in [1.165, 1.54) is 5.56 Å². The van der Waals surface area contributed by atoms with Crippen LogP contribution in [-0.2, 0) is 17.9 Å². The molecule has 0 fully saturated rings. The lowest BCUT2D eigenvalue weighted by Gasteiger charge is -2.23. The number of nitriles is 1. The maximum atomic E-state index is 12.8. The van der Waals surface area contributed by atoms with Crippen LogP contribution in [-0.4, -0.2) is 25.5 Å². The fourth-order valence-corrected chi connectivity index (χ4v) is 3.48. The normalized spacial score (nSPS) is 13.5. The standard InChI is InChI=1S/C20H19BrF2N4O2/c21-14-2-4-17(29-6-5-24)16(8-14)19(20(28)26-11-18(22)23)27-15-3-1-12-9-25-10-13(12)7-15/h1-4,7-8,18-19,25,27H,6,9-11H2,(H,26,28)/t19-/m0/s1. The highest BCUT2D eigenvalue weighted by Crippen LogP contribution is 2.32. The second-order valence-electron chi connectivity index (χ2n) is 6.43. The van der Waals surface area contributed by atoms with E-state index in [0.717, 1.165) is 18.7 Å². The number of carbonyl (C=O) groups excluding carboxylic acids is 1. The highest BCUT2D eigenvalue weighted by Gasteiger charge is 2.26. The van der Waals surface area contributed by atoms with Crippen molar-refractivity contribution in [1.82, 2.24) is 10.6 Å². The lowest BCUT2D eigenvalue weighted by molar-refractivity contribution is -0.122. The number of fused-ring (bicyclic) bond motifs is 1. The van der Waals surface area contributed by atoms with Crippen LogP contribution in [0.3, 0.4) is 0 Å². The molecular weight excluding hydrogens is 446 g/mol. The van der Waals surface area contributed by atoms with Crippen molar-refractivity contribution >= 4 is 27.5 Å². The van der Waals surface area contributed by atoms with Crippen molar-refractivity contribution in [3.05, 3.63) is 57.6 Å². The third-order valence-corrected chi connectivity index (χ3v) is 4.91. The Bertz CT molecular complexity index is 933. The molecule has 0 unspecified atom stereocenters. The molecule has 0 aromatic heterocycles. The Hall–Kier alpha value is -2.70. The summed E-state index contributed by atoms with van der Waals surface area (Å²) in [6.45, 7) is 0.546. The van der Waals surface area contributed by atoms with Crippen molar-refractivity contribution in [2.75, 3.05) is 18.5 Å².